The number of hydrogen-bond donors (Lipinski definition) is 1. The van der Waals surface area contributed by atoms with Crippen molar-refractivity contribution in [2.75, 3.05) is 0 Å². The Morgan fingerprint density at radius 1 is 0.958 bits per heavy atom. The van der Waals surface area contributed by atoms with Crippen molar-refractivity contribution in [3.8, 4) is 0 Å². The van der Waals surface area contributed by atoms with Gasteiger partial charge in [-0.1, -0.05) is 23.3 Å². The number of carbonyl (C=O) groups is 4. The average molecular weight is 322 g/mol. The zero-order chi connectivity index (χ0) is 16.8. The van der Waals surface area contributed by atoms with Crippen LogP contribution < -0.4 is 5.32 Å². The van der Waals surface area contributed by atoms with Crippen LogP contribution in [-0.2, 0) is 11.4 Å². The van der Waals surface area contributed by atoms with Crippen molar-refractivity contribution in [1.29, 1.82) is 0 Å². The molecule has 0 saturated carbocycles. The molecule has 0 radical (unpaired) electrons. The van der Waals surface area contributed by atoms with Gasteiger partial charge in [0.1, 0.15) is 0 Å². The Labute approximate surface area is 135 Å². The lowest BCUT2D eigenvalue weighted by atomic mass is 10.1. The van der Waals surface area contributed by atoms with Gasteiger partial charge in [-0.3, -0.25) is 14.4 Å². The van der Waals surface area contributed by atoms with Crippen LogP contribution in [0.3, 0.4) is 0 Å². The Morgan fingerprint density at radius 3 is 2.29 bits per heavy atom. The number of hydrogen-bond acceptors (Lipinski definition) is 5. The molecule has 0 aromatic heterocycles. The van der Waals surface area contributed by atoms with Gasteiger partial charge in [0, 0.05) is 12.1 Å². The van der Waals surface area contributed by atoms with Crippen LogP contribution in [0.1, 0.15) is 47.0 Å². The summed E-state index contributed by atoms with van der Waals surface area (Å²) in [6.07, 6.45) is 0. The van der Waals surface area contributed by atoms with E-state index in [4.69, 9.17) is 4.84 Å². The third-order valence-electron chi connectivity index (χ3n) is 3.96. The number of imide groups is 1. The predicted molar refractivity (Wildman–Crippen MR) is 80.0 cm³/mol. The van der Waals surface area contributed by atoms with Crippen molar-refractivity contribution in [3.05, 3.63) is 70.3 Å². The van der Waals surface area contributed by atoms with Gasteiger partial charge in [-0.15, -0.1) is 0 Å². The van der Waals surface area contributed by atoms with Gasteiger partial charge in [-0.25, -0.2) is 4.79 Å². The fourth-order valence-electron chi connectivity index (χ4n) is 2.73. The summed E-state index contributed by atoms with van der Waals surface area (Å²) in [7, 11) is 0. The topological polar surface area (TPSA) is 92.8 Å². The van der Waals surface area contributed by atoms with E-state index < -0.39 is 17.8 Å². The maximum atomic E-state index is 12.2. The molecule has 7 nitrogen and oxygen atoms in total. The van der Waals surface area contributed by atoms with Gasteiger partial charge in [0.05, 0.1) is 16.7 Å². The molecule has 0 aliphatic carbocycles. The molecule has 0 spiro atoms. The summed E-state index contributed by atoms with van der Waals surface area (Å²) in [5.41, 5.74) is 1.61. The van der Waals surface area contributed by atoms with Gasteiger partial charge < -0.3 is 10.2 Å². The molecule has 0 fully saturated rings. The lowest BCUT2D eigenvalue weighted by Gasteiger charge is -2.12. The van der Waals surface area contributed by atoms with Crippen molar-refractivity contribution in [2.24, 2.45) is 0 Å². The summed E-state index contributed by atoms with van der Waals surface area (Å²) in [4.78, 5) is 53.2. The van der Waals surface area contributed by atoms with Gasteiger partial charge in [-0.05, 0) is 29.8 Å². The highest BCUT2D eigenvalue weighted by atomic mass is 16.7. The lowest BCUT2D eigenvalue weighted by Crippen LogP contribution is -2.32. The van der Waals surface area contributed by atoms with Crippen LogP contribution in [0.2, 0.25) is 0 Å². The van der Waals surface area contributed by atoms with Crippen LogP contribution in [0.15, 0.2) is 42.5 Å². The molecule has 0 atom stereocenters. The minimum atomic E-state index is -0.882. The van der Waals surface area contributed by atoms with E-state index in [0.717, 1.165) is 5.56 Å². The first kappa shape index (κ1) is 14.1. The molecule has 2 aromatic rings. The first-order valence-electron chi connectivity index (χ1n) is 7.17. The monoisotopic (exact) mass is 322 g/mol. The van der Waals surface area contributed by atoms with Gasteiger partial charge in [0.25, 0.3) is 17.7 Å². The molecule has 0 bridgehead atoms. The predicted octanol–water partition coefficient (Wildman–Crippen LogP) is 1.30. The van der Waals surface area contributed by atoms with Crippen molar-refractivity contribution < 1.29 is 24.0 Å². The summed E-state index contributed by atoms with van der Waals surface area (Å²) in [6, 6.07) is 10.7. The number of rotatable bonds is 2. The molecule has 2 aromatic carbocycles. The smallest absolute Gasteiger partial charge is 0.348 e. The zero-order valence-electron chi connectivity index (χ0n) is 12.2. The van der Waals surface area contributed by atoms with Crippen LogP contribution in [-0.4, -0.2) is 28.8 Å². The summed E-state index contributed by atoms with van der Waals surface area (Å²) < 4.78 is 0. The summed E-state index contributed by atoms with van der Waals surface area (Å²) in [6.45, 7) is 0.405. The molecule has 4 rings (SSSR count). The molecule has 0 saturated heterocycles. The molecule has 2 heterocycles. The molecule has 2 aliphatic rings. The number of nitrogens with one attached hydrogen (secondary N) is 1. The van der Waals surface area contributed by atoms with E-state index >= 15 is 0 Å². The lowest BCUT2D eigenvalue weighted by molar-refractivity contribution is -0.0584. The second-order valence-corrected chi connectivity index (χ2v) is 5.38. The maximum absolute atomic E-state index is 12.2. The molecular formula is C17H10N2O5. The number of carbonyl (C=O) groups excluding carboxylic acids is 4. The largest absolute Gasteiger partial charge is 0.363 e. The molecule has 3 amide bonds. The standard InChI is InChI=1S/C17H10N2O5/c20-14-13-7-9(5-6-10(13)8-18-14)17(23)24-19-15(21)11-3-1-2-4-12(11)16(19)22/h1-7H,8H2,(H,18,20). The van der Waals surface area contributed by atoms with Crippen LogP contribution in [0.4, 0.5) is 0 Å². The summed E-state index contributed by atoms with van der Waals surface area (Å²) >= 11 is 0. The molecule has 118 valence electrons. The average Bonchev–Trinajstić information content (AvgIpc) is 3.08. The number of hydroxylamine groups is 2. The van der Waals surface area contributed by atoms with E-state index in [0.29, 0.717) is 17.2 Å². The molecule has 0 unspecified atom stereocenters. The molecule has 2 aliphatic heterocycles. The summed E-state index contributed by atoms with van der Waals surface area (Å²) in [5, 5.41) is 3.09. The normalized spacial score (nSPS) is 15.2. The minimum Gasteiger partial charge on any atom is -0.348 e. The Morgan fingerprint density at radius 2 is 1.62 bits per heavy atom. The fraction of sp³-hybridized carbons (Fsp3) is 0.0588. The molecule has 24 heavy (non-hydrogen) atoms. The highest BCUT2D eigenvalue weighted by Gasteiger charge is 2.38. The number of nitrogens with zero attached hydrogens (tertiary/aromatic N) is 1. The van der Waals surface area contributed by atoms with Gasteiger partial charge in [0.2, 0.25) is 0 Å². The highest BCUT2D eigenvalue weighted by Crippen LogP contribution is 2.24. The number of fused-ring (bicyclic) bond motifs is 2. The van der Waals surface area contributed by atoms with E-state index in [-0.39, 0.29) is 22.6 Å². The fourth-order valence-corrected chi connectivity index (χ4v) is 2.73. The second-order valence-electron chi connectivity index (χ2n) is 5.38. The van der Waals surface area contributed by atoms with E-state index in [9.17, 15) is 19.2 Å². The Bertz CT molecular complexity index is 899. The van der Waals surface area contributed by atoms with E-state index in [1.807, 2.05) is 0 Å². The summed E-state index contributed by atoms with van der Waals surface area (Å²) in [5.74, 6) is -2.54. The first-order chi connectivity index (χ1) is 11.6. The van der Waals surface area contributed by atoms with Crippen LogP contribution in [0.25, 0.3) is 0 Å². The molecule has 7 heteroatoms. The van der Waals surface area contributed by atoms with Gasteiger partial charge in [0.15, 0.2) is 0 Å². The number of benzene rings is 2. The quantitative estimate of drug-likeness (QED) is 0.841. The van der Waals surface area contributed by atoms with Crippen molar-refractivity contribution >= 4 is 23.7 Å². The Hall–Kier alpha value is -3.48. The SMILES string of the molecule is O=C(ON1C(=O)c2ccccc2C1=O)c1ccc2c(c1)C(=O)NC2. The minimum absolute atomic E-state index is 0.0855. The zero-order valence-corrected chi connectivity index (χ0v) is 12.2. The van der Waals surface area contributed by atoms with E-state index in [2.05, 4.69) is 5.32 Å². The van der Waals surface area contributed by atoms with E-state index in [1.165, 1.54) is 24.3 Å². The van der Waals surface area contributed by atoms with Crippen molar-refractivity contribution in [2.45, 2.75) is 6.54 Å². The maximum Gasteiger partial charge on any atom is 0.363 e. The van der Waals surface area contributed by atoms with Crippen molar-refractivity contribution in [1.82, 2.24) is 10.4 Å². The van der Waals surface area contributed by atoms with Crippen LogP contribution >= 0.6 is 0 Å². The number of amides is 3. The molecule has 1 N–H and O–H groups in total. The van der Waals surface area contributed by atoms with Crippen molar-refractivity contribution in [3.63, 3.8) is 0 Å². The Kier molecular flexibility index (Phi) is 2.96. The second kappa shape index (κ2) is 5.02. The highest BCUT2D eigenvalue weighted by molar-refractivity contribution is 6.21. The Balaban J connectivity index is 1.60. The third kappa shape index (κ3) is 1.98. The van der Waals surface area contributed by atoms with Crippen LogP contribution in [0, 0.1) is 0 Å². The van der Waals surface area contributed by atoms with E-state index in [1.54, 1.807) is 18.2 Å². The first-order valence-corrected chi connectivity index (χ1v) is 7.17. The molecular weight excluding hydrogens is 312 g/mol. The van der Waals surface area contributed by atoms with Crippen LogP contribution in [0.5, 0.6) is 0 Å². The third-order valence-corrected chi connectivity index (χ3v) is 3.96. The van der Waals surface area contributed by atoms with Gasteiger partial charge in [-0.2, -0.15) is 0 Å². The van der Waals surface area contributed by atoms with Gasteiger partial charge >= 0.3 is 5.97 Å².